The Balaban J connectivity index is 1.07. The summed E-state index contributed by atoms with van der Waals surface area (Å²) in [5.74, 6) is 0. The molecule has 0 spiro atoms. The Hall–Kier alpha value is -1.24. The van der Waals surface area contributed by atoms with Gasteiger partial charge >= 0.3 is 0 Å². The molecule has 6 fully saturated rings. The second-order valence-electron chi connectivity index (χ2n) is 17.3. The lowest BCUT2D eigenvalue weighted by atomic mass is 9.93. The van der Waals surface area contributed by atoms with Crippen LogP contribution < -0.4 is 34.4 Å². The molecule has 30 atom stereocenters. The maximum absolute atomic E-state index is 11.4. The van der Waals surface area contributed by atoms with Crippen molar-refractivity contribution in [1.82, 2.24) is 0 Å². The minimum absolute atomic E-state index is 0.728. The van der Waals surface area contributed by atoms with Gasteiger partial charge in [-0.25, -0.2) is 0 Å². The van der Waals surface area contributed by atoms with Crippen LogP contribution >= 0.6 is 0 Å². The van der Waals surface area contributed by atoms with Gasteiger partial charge in [-0.15, -0.1) is 0 Å². The van der Waals surface area contributed by atoms with Crippen LogP contribution in [0.1, 0.15) is 0 Å². The van der Waals surface area contributed by atoms with Gasteiger partial charge in [-0.2, -0.15) is 0 Å². The Morgan fingerprint density at radius 1 is 0.269 bits per heavy atom. The number of ether oxygens (including phenoxy) is 11. The fourth-order valence-electron chi connectivity index (χ4n) is 8.78. The SMILES string of the molecule is N[C@H]1C(O)[C@H](OC2OC(CO)C(O)[C@H](O)[C@H]2N)C(CO)O[C@@H]1OC1C(CO)OC(O[C@@H]2C(CO)O[C@H](OC3C(CO)OC(O[C@@H]4C(CO)O[C@H](O)[C@@H](N)C4O)[C@H](N)[C@H]3O)[C@@H](N)C2O)[C@H](N)[C@H]1O. The van der Waals surface area contributed by atoms with Gasteiger partial charge in [0, 0.05) is 0 Å². The lowest BCUT2D eigenvalue weighted by molar-refractivity contribution is -0.367. The topological polar surface area (TPSA) is 541 Å². The van der Waals surface area contributed by atoms with Gasteiger partial charge in [0.05, 0.1) is 75.9 Å². The van der Waals surface area contributed by atoms with Gasteiger partial charge in [0.15, 0.2) is 37.7 Å². The predicted octanol–water partition coefficient (Wildman–Crippen LogP) is -14.3. The van der Waals surface area contributed by atoms with Crippen LogP contribution in [-0.2, 0) is 52.1 Å². The smallest absolute Gasteiger partial charge is 0.176 e. The van der Waals surface area contributed by atoms with Crippen molar-refractivity contribution in [1.29, 1.82) is 0 Å². The minimum atomic E-state index is -1.79. The molecule has 31 nitrogen and oxygen atoms in total. The van der Waals surface area contributed by atoms with Crippen molar-refractivity contribution < 1.29 is 124 Å². The third-order valence-electron chi connectivity index (χ3n) is 12.9. The van der Waals surface area contributed by atoms with Crippen LogP contribution in [0.4, 0.5) is 0 Å². The molecule has 0 aliphatic carbocycles. The van der Waals surface area contributed by atoms with Gasteiger partial charge in [0.25, 0.3) is 0 Å². The number of aliphatic hydroxyl groups excluding tert-OH is 14. The third kappa shape index (κ3) is 11.2. The first-order valence-corrected chi connectivity index (χ1v) is 21.6. The Bertz CT molecular complexity index is 1520. The van der Waals surface area contributed by atoms with Crippen LogP contribution in [0.15, 0.2) is 0 Å². The zero-order chi connectivity index (χ0) is 49.3. The van der Waals surface area contributed by atoms with Crippen LogP contribution in [0.25, 0.3) is 0 Å². The molecule has 6 saturated heterocycles. The molecule has 0 radical (unpaired) electrons. The quantitative estimate of drug-likeness (QED) is 0.0683. The van der Waals surface area contributed by atoms with E-state index < -0.39 is 224 Å². The molecule has 26 N–H and O–H groups in total. The predicted molar refractivity (Wildman–Crippen MR) is 211 cm³/mol. The molecule has 31 heteroatoms. The summed E-state index contributed by atoms with van der Waals surface area (Å²) in [5.41, 5.74) is 36.9. The normalized spacial score (nSPS) is 53.4. The van der Waals surface area contributed by atoms with Gasteiger partial charge < -0.3 is 158 Å². The minimum Gasteiger partial charge on any atom is -0.394 e. The fourth-order valence-corrected chi connectivity index (χ4v) is 8.78. The van der Waals surface area contributed by atoms with Crippen molar-refractivity contribution in [3.63, 3.8) is 0 Å². The molecular weight excluding hydrogens is 916 g/mol. The van der Waals surface area contributed by atoms with E-state index >= 15 is 0 Å². The summed E-state index contributed by atoms with van der Waals surface area (Å²) in [4.78, 5) is 0. The van der Waals surface area contributed by atoms with Crippen molar-refractivity contribution in [2.24, 2.45) is 34.4 Å². The van der Waals surface area contributed by atoms with Crippen LogP contribution in [0.5, 0.6) is 0 Å². The molecule has 15 unspecified atom stereocenters. The molecule has 6 aliphatic heterocycles. The number of aliphatic hydroxyl groups is 14. The van der Waals surface area contributed by atoms with Gasteiger partial charge in [-0.1, -0.05) is 0 Å². The number of hydrogen-bond acceptors (Lipinski definition) is 31. The summed E-state index contributed by atoms with van der Waals surface area (Å²) in [6.07, 6.45) is -37.6. The molecule has 392 valence electrons. The molecule has 0 bridgehead atoms. The van der Waals surface area contributed by atoms with Crippen LogP contribution in [0.3, 0.4) is 0 Å². The summed E-state index contributed by atoms with van der Waals surface area (Å²) in [6, 6.07) is -8.85. The van der Waals surface area contributed by atoms with E-state index in [-0.39, 0.29) is 0 Å². The van der Waals surface area contributed by atoms with E-state index in [4.69, 9.17) is 86.5 Å². The highest BCUT2D eigenvalue weighted by atomic mass is 16.8. The van der Waals surface area contributed by atoms with E-state index in [9.17, 15) is 71.5 Å². The van der Waals surface area contributed by atoms with Gasteiger partial charge in [-0.3, -0.25) is 0 Å². The first-order valence-electron chi connectivity index (χ1n) is 21.6. The van der Waals surface area contributed by atoms with Gasteiger partial charge in [0.1, 0.15) is 110 Å². The highest BCUT2D eigenvalue weighted by Crippen LogP contribution is 2.35. The average Bonchev–Trinajstić information content (AvgIpc) is 3.32. The van der Waals surface area contributed by atoms with Crippen molar-refractivity contribution in [2.75, 3.05) is 39.6 Å². The molecule has 0 aromatic carbocycles. The van der Waals surface area contributed by atoms with Gasteiger partial charge in [-0.05, 0) is 0 Å². The standard InChI is InChI=1S/C36H68N6O25/c37-13-21(51)26(8(2-44)57-31(13)56)63-33-15(39)23(53)28(10(4-46)59-33)65-35-17(41)25(55)30(12(6-48)61-35)67-36-18(42)24(54)29(11(5-47)62-36)66-34-16(40)22(52)27(9(3-45)60-34)64-32-14(38)20(50)19(49)7(1-43)58-32/h7-36,43-56H,1-6,37-42H2/t7?,8?,9?,10?,11?,12?,13-,14+,15+,16-,17-,18+,19?,20+,21?,22?,23+,24+,25?,26+,27+,28?,29?,30+,31-,32?,33?,34+,35+,36?/m0/s1. The van der Waals surface area contributed by atoms with Crippen molar-refractivity contribution in [3.05, 3.63) is 0 Å². The van der Waals surface area contributed by atoms with E-state index in [1.807, 2.05) is 0 Å². The summed E-state index contributed by atoms with van der Waals surface area (Å²) in [7, 11) is 0. The van der Waals surface area contributed by atoms with Gasteiger partial charge in [0.2, 0.25) is 0 Å². The first kappa shape index (κ1) is 55.1. The summed E-state index contributed by atoms with van der Waals surface area (Å²) >= 11 is 0. The van der Waals surface area contributed by atoms with E-state index in [1.54, 1.807) is 0 Å². The second-order valence-corrected chi connectivity index (χ2v) is 17.3. The maximum Gasteiger partial charge on any atom is 0.176 e. The molecule has 0 aromatic heterocycles. The Morgan fingerprint density at radius 2 is 0.478 bits per heavy atom. The molecular formula is C36H68N6O25. The van der Waals surface area contributed by atoms with Crippen LogP contribution in [0, 0.1) is 0 Å². The Labute approximate surface area is 381 Å². The summed E-state index contributed by atoms with van der Waals surface area (Å²) < 4.78 is 63.1. The molecule has 0 amide bonds. The van der Waals surface area contributed by atoms with E-state index in [2.05, 4.69) is 0 Å². The number of rotatable bonds is 16. The largest absolute Gasteiger partial charge is 0.394 e. The Morgan fingerprint density at radius 3 is 0.731 bits per heavy atom. The molecule has 6 aliphatic rings. The van der Waals surface area contributed by atoms with E-state index in [0.717, 1.165) is 0 Å². The molecule has 6 rings (SSSR count). The summed E-state index contributed by atoms with van der Waals surface area (Å²) in [6.45, 7) is -4.85. The van der Waals surface area contributed by atoms with E-state index in [1.165, 1.54) is 0 Å². The fraction of sp³-hybridized carbons (Fsp3) is 1.00. The zero-order valence-electron chi connectivity index (χ0n) is 35.8. The highest BCUT2D eigenvalue weighted by molar-refractivity contribution is 5.02. The molecule has 6 heterocycles. The lowest BCUT2D eigenvalue weighted by Crippen LogP contribution is -2.71. The monoisotopic (exact) mass is 984 g/mol. The van der Waals surface area contributed by atoms with Crippen molar-refractivity contribution >= 4 is 0 Å². The summed E-state index contributed by atoms with van der Waals surface area (Å²) in [5, 5.41) is 147. The van der Waals surface area contributed by atoms with Crippen molar-refractivity contribution in [3.8, 4) is 0 Å². The number of nitrogens with two attached hydrogens (primary N) is 6. The van der Waals surface area contributed by atoms with E-state index in [0.29, 0.717) is 0 Å². The zero-order valence-corrected chi connectivity index (χ0v) is 35.8. The first-order chi connectivity index (χ1) is 31.8. The molecule has 0 aromatic rings. The average molecular weight is 985 g/mol. The lowest BCUT2D eigenvalue weighted by Gasteiger charge is -2.50. The second kappa shape index (κ2) is 23.5. The molecule has 67 heavy (non-hydrogen) atoms. The third-order valence-corrected chi connectivity index (χ3v) is 12.9. The van der Waals surface area contributed by atoms with Crippen molar-refractivity contribution in [2.45, 2.75) is 184 Å². The highest BCUT2D eigenvalue weighted by Gasteiger charge is 2.56. The van der Waals surface area contributed by atoms with Crippen LogP contribution in [-0.4, -0.2) is 295 Å². The van der Waals surface area contributed by atoms with Crippen LogP contribution in [0.2, 0.25) is 0 Å². The maximum atomic E-state index is 11.4. The molecule has 0 saturated carbocycles. The Kier molecular flexibility index (Phi) is 19.4. The number of hydrogen-bond donors (Lipinski definition) is 20.